The Hall–Kier alpha value is -0.620. The number of rotatable bonds is 4. The Balaban J connectivity index is 4.05. The second kappa shape index (κ2) is 4.42. The first-order valence-corrected chi connectivity index (χ1v) is 5.54. The van der Waals surface area contributed by atoms with Crippen LogP contribution in [0.5, 0.6) is 0 Å². The van der Waals surface area contributed by atoms with Gasteiger partial charge < -0.3 is 10.6 Å². The van der Waals surface area contributed by atoms with E-state index >= 15 is 0 Å². The monoisotopic (exact) mass is 194 g/mol. The fraction of sp³-hybridized carbons (Fsp3) is 0.833. The van der Waals surface area contributed by atoms with Crippen molar-refractivity contribution in [3.8, 4) is 0 Å². The molecule has 72 valence electrons. The Morgan fingerprint density at radius 2 is 2.00 bits per heavy atom. The average molecular weight is 194 g/mol. The van der Waals surface area contributed by atoms with Crippen LogP contribution < -0.4 is 5.73 Å². The largest absolute Gasteiger partial charge is 0.344 e. The fourth-order valence-electron chi connectivity index (χ4n) is 0.653. The molecule has 2 N–H and O–H groups in total. The van der Waals surface area contributed by atoms with Crippen LogP contribution in [0.3, 0.4) is 0 Å². The van der Waals surface area contributed by atoms with Crippen molar-refractivity contribution in [1.82, 2.24) is 4.90 Å². The van der Waals surface area contributed by atoms with E-state index < -0.39 is 21.5 Å². The number of hydrogen-bond donors (Lipinski definition) is 1. The lowest BCUT2D eigenvalue weighted by atomic mass is 10.5. The second-order valence-electron chi connectivity index (χ2n) is 2.67. The van der Waals surface area contributed by atoms with Crippen molar-refractivity contribution in [2.45, 2.75) is 0 Å². The molecule has 0 fully saturated rings. The maximum atomic E-state index is 11.0. The molecule has 0 saturated carbocycles. The van der Waals surface area contributed by atoms with Crippen LogP contribution in [0, 0.1) is 0 Å². The minimum Gasteiger partial charge on any atom is -0.344 e. The maximum Gasteiger partial charge on any atom is 0.237 e. The van der Waals surface area contributed by atoms with E-state index in [1.807, 2.05) is 0 Å². The van der Waals surface area contributed by atoms with Gasteiger partial charge in [-0.2, -0.15) is 0 Å². The topological polar surface area (TPSA) is 80.5 Å². The van der Waals surface area contributed by atoms with Crippen molar-refractivity contribution >= 4 is 15.7 Å². The highest BCUT2D eigenvalue weighted by atomic mass is 32.2. The highest BCUT2D eigenvalue weighted by Crippen LogP contribution is 1.89. The summed E-state index contributed by atoms with van der Waals surface area (Å²) in [6.45, 7) is 0.723. The number of nitrogens with zero attached hydrogens (tertiary/aromatic N) is 1. The number of carbonyl (C=O) groups excluding carboxylic acids is 1. The van der Waals surface area contributed by atoms with Gasteiger partial charge in [0.25, 0.3) is 0 Å². The first-order valence-electron chi connectivity index (χ1n) is 3.48. The fourth-order valence-corrected chi connectivity index (χ4v) is 1.32. The molecule has 0 aliphatic carbocycles. The molecule has 0 aromatic heterocycles. The van der Waals surface area contributed by atoms with Gasteiger partial charge in [-0.15, -0.1) is 0 Å². The van der Waals surface area contributed by atoms with Gasteiger partial charge in [-0.1, -0.05) is 0 Å². The van der Waals surface area contributed by atoms with Gasteiger partial charge in [0.1, 0.15) is 5.75 Å². The van der Waals surface area contributed by atoms with Crippen LogP contribution in [0.25, 0.3) is 0 Å². The number of sulfone groups is 1. The molecule has 5 nitrogen and oxygen atoms in total. The van der Waals surface area contributed by atoms with Crippen molar-refractivity contribution in [2.75, 3.05) is 32.1 Å². The number of hydrogen-bond acceptors (Lipinski definition) is 4. The van der Waals surface area contributed by atoms with E-state index in [0.717, 1.165) is 6.26 Å². The smallest absolute Gasteiger partial charge is 0.237 e. The summed E-state index contributed by atoms with van der Waals surface area (Å²) < 4.78 is 21.3. The van der Waals surface area contributed by atoms with E-state index in [9.17, 15) is 13.2 Å². The molecular formula is C6H14N2O3S. The average Bonchev–Trinajstić information content (AvgIpc) is 1.84. The van der Waals surface area contributed by atoms with E-state index in [2.05, 4.69) is 0 Å². The third-order valence-electron chi connectivity index (χ3n) is 1.28. The molecule has 0 aliphatic rings. The standard InChI is InChI=1S/C6H14N2O3S/c1-8(4-3-7)6(9)5-12(2,10)11/h3-5,7H2,1-2H3. The lowest BCUT2D eigenvalue weighted by Crippen LogP contribution is -2.35. The van der Waals surface area contributed by atoms with Gasteiger partial charge in [0.2, 0.25) is 5.91 Å². The van der Waals surface area contributed by atoms with Gasteiger partial charge in [0, 0.05) is 26.4 Å². The van der Waals surface area contributed by atoms with Gasteiger partial charge in [0.15, 0.2) is 9.84 Å². The molecule has 0 aromatic rings. The Bertz CT molecular complexity index is 248. The molecule has 12 heavy (non-hydrogen) atoms. The summed E-state index contributed by atoms with van der Waals surface area (Å²) >= 11 is 0. The number of nitrogens with two attached hydrogens (primary N) is 1. The summed E-state index contributed by atoms with van der Waals surface area (Å²) in [4.78, 5) is 12.3. The molecule has 0 atom stereocenters. The molecule has 0 aliphatic heterocycles. The number of carbonyl (C=O) groups is 1. The molecular weight excluding hydrogens is 180 g/mol. The van der Waals surface area contributed by atoms with Crippen LogP contribution >= 0.6 is 0 Å². The SMILES string of the molecule is CN(CCN)C(=O)CS(C)(=O)=O. The van der Waals surface area contributed by atoms with Gasteiger partial charge in [-0.3, -0.25) is 4.79 Å². The zero-order chi connectivity index (χ0) is 9.78. The number of likely N-dealkylation sites (N-methyl/N-ethyl adjacent to an activating group) is 1. The normalized spacial score (nSPS) is 11.2. The predicted molar refractivity (Wildman–Crippen MR) is 46.4 cm³/mol. The Kier molecular flexibility index (Phi) is 4.19. The molecule has 0 bridgehead atoms. The summed E-state index contributed by atoms with van der Waals surface area (Å²) in [6.07, 6.45) is 1.03. The van der Waals surface area contributed by atoms with Crippen LogP contribution in [0.4, 0.5) is 0 Å². The second-order valence-corrected chi connectivity index (χ2v) is 4.81. The lowest BCUT2D eigenvalue weighted by molar-refractivity contribution is -0.127. The van der Waals surface area contributed by atoms with Crippen molar-refractivity contribution in [3.63, 3.8) is 0 Å². The summed E-state index contributed by atoms with van der Waals surface area (Å²) in [7, 11) is -1.69. The van der Waals surface area contributed by atoms with E-state index in [1.54, 1.807) is 0 Å². The third-order valence-corrected chi connectivity index (χ3v) is 2.05. The molecule has 0 aromatic carbocycles. The van der Waals surface area contributed by atoms with Gasteiger partial charge >= 0.3 is 0 Å². The van der Waals surface area contributed by atoms with Gasteiger partial charge in [-0.25, -0.2) is 8.42 Å². The van der Waals surface area contributed by atoms with Crippen LogP contribution in [0.1, 0.15) is 0 Å². The summed E-state index contributed by atoms with van der Waals surface area (Å²) in [5.41, 5.74) is 5.19. The van der Waals surface area contributed by atoms with Crippen LogP contribution in [-0.2, 0) is 14.6 Å². The van der Waals surface area contributed by atoms with Crippen LogP contribution in [-0.4, -0.2) is 51.4 Å². The zero-order valence-corrected chi connectivity index (χ0v) is 8.10. The van der Waals surface area contributed by atoms with Crippen molar-refractivity contribution in [3.05, 3.63) is 0 Å². The van der Waals surface area contributed by atoms with Crippen molar-refractivity contribution in [2.24, 2.45) is 5.73 Å². The van der Waals surface area contributed by atoms with E-state index in [-0.39, 0.29) is 0 Å². The van der Waals surface area contributed by atoms with Crippen molar-refractivity contribution in [1.29, 1.82) is 0 Å². The van der Waals surface area contributed by atoms with Crippen LogP contribution in [0.15, 0.2) is 0 Å². The van der Waals surface area contributed by atoms with E-state index in [0.29, 0.717) is 13.1 Å². The summed E-state index contributed by atoms with van der Waals surface area (Å²) in [5, 5.41) is 0. The molecule has 0 unspecified atom stereocenters. The number of amides is 1. The molecule has 0 rings (SSSR count). The van der Waals surface area contributed by atoms with Crippen LogP contribution in [0.2, 0.25) is 0 Å². The summed E-state index contributed by atoms with van der Waals surface area (Å²) in [5.74, 6) is -0.855. The molecule has 0 spiro atoms. The maximum absolute atomic E-state index is 11.0. The summed E-state index contributed by atoms with van der Waals surface area (Å²) in [6, 6.07) is 0. The Morgan fingerprint density at radius 1 is 1.50 bits per heavy atom. The molecule has 0 radical (unpaired) electrons. The van der Waals surface area contributed by atoms with Gasteiger partial charge in [-0.05, 0) is 0 Å². The predicted octanol–water partition coefficient (Wildman–Crippen LogP) is -1.55. The Labute approximate surface area is 72.5 Å². The minimum absolute atomic E-state index is 0.339. The zero-order valence-electron chi connectivity index (χ0n) is 7.28. The van der Waals surface area contributed by atoms with E-state index in [1.165, 1.54) is 11.9 Å². The molecule has 6 heteroatoms. The van der Waals surface area contributed by atoms with Crippen molar-refractivity contribution < 1.29 is 13.2 Å². The Morgan fingerprint density at radius 3 is 2.33 bits per heavy atom. The highest BCUT2D eigenvalue weighted by molar-refractivity contribution is 7.91. The quantitative estimate of drug-likeness (QED) is 0.587. The minimum atomic E-state index is -3.22. The highest BCUT2D eigenvalue weighted by Gasteiger charge is 2.14. The molecule has 0 saturated heterocycles. The third kappa shape index (κ3) is 5.09. The van der Waals surface area contributed by atoms with E-state index in [4.69, 9.17) is 5.73 Å². The first-order chi connectivity index (χ1) is 5.37. The van der Waals surface area contributed by atoms with Gasteiger partial charge in [0.05, 0.1) is 0 Å². The molecule has 0 heterocycles. The first kappa shape index (κ1) is 11.4. The lowest BCUT2D eigenvalue weighted by Gasteiger charge is -2.14. The molecule has 1 amide bonds.